The third-order valence-corrected chi connectivity index (χ3v) is 3.24. The van der Waals surface area contributed by atoms with E-state index in [-0.39, 0.29) is 10.7 Å². The highest BCUT2D eigenvalue weighted by atomic mass is 35.7. The predicted octanol–water partition coefficient (Wildman–Crippen LogP) is 1.94. The Bertz CT molecular complexity index is 607. The zero-order valence-corrected chi connectivity index (χ0v) is 9.41. The molecule has 84 valence electrons. The van der Waals surface area contributed by atoms with E-state index in [9.17, 15) is 12.8 Å². The zero-order chi connectivity index (χ0) is 11.8. The average Bonchev–Trinajstić information content (AvgIpc) is 2.67. The zero-order valence-electron chi connectivity index (χ0n) is 7.84. The van der Waals surface area contributed by atoms with Crippen LogP contribution < -0.4 is 0 Å². The van der Waals surface area contributed by atoms with E-state index < -0.39 is 9.05 Å². The van der Waals surface area contributed by atoms with Crippen LogP contribution in [0.5, 0.6) is 0 Å². The number of aromatic nitrogens is 2. The highest BCUT2D eigenvalue weighted by Crippen LogP contribution is 2.16. The molecule has 0 saturated carbocycles. The summed E-state index contributed by atoms with van der Waals surface area (Å²) in [6.07, 6.45) is 2.39. The third kappa shape index (κ3) is 2.23. The van der Waals surface area contributed by atoms with Gasteiger partial charge in [0.2, 0.25) is 0 Å². The van der Waals surface area contributed by atoms with Crippen LogP contribution in [0.25, 0.3) is 5.69 Å². The first-order valence-electron chi connectivity index (χ1n) is 4.22. The number of halogens is 2. The molecule has 1 aromatic heterocycles. The Morgan fingerprint density at radius 1 is 1.25 bits per heavy atom. The second-order valence-electron chi connectivity index (χ2n) is 3.03. The van der Waals surface area contributed by atoms with Crippen molar-refractivity contribution in [1.82, 2.24) is 9.78 Å². The minimum atomic E-state index is -3.78. The summed E-state index contributed by atoms with van der Waals surface area (Å²) < 4.78 is 35.9. The molecule has 1 heterocycles. The molecule has 0 N–H and O–H groups in total. The van der Waals surface area contributed by atoms with Gasteiger partial charge in [0, 0.05) is 10.7 Å². The fourth-order valence-corrected chi connectivity index (χ4v) is 1.81. The number of nitrogens with zero attached hydrogens (tertiary/aromatic N) is 2. The van der Waals surface area contributed by atoms with Crippen LogP contribution in [-0.4, -0.2) is 18.2 Å². The maximum absolute atomic E-state index is 12.7. The monoisotopic (exact) mass is 260 g/mol. The van der Waals surface area contributed by atoms with Crippen LogP contribution in [0.2, 0.25) is 0 Å². The van der Waals surface area contributed by atoms with Crippen molar-refractivity contribution in [3.05, 3.63) is 42.5 Å². The van der Waals surface area contributed by atoms with Gasteiger partial charge in [-0.1, -0.05) is 0 Å². The Morgan fingerprint density at radius 2 is 1.88 bits per heavy atom. The van der Waals surface area contributed by atoms with Gasteiger partial charge in [0.25, 0.3) is 9.05 Å². The Kier molecular flexibility index (Phi) is 2.69. The van der Waals surface area contributed by atoms with Crippen molar-refractivity contribution >= 4 is 19.7 Å². The fourth-order valence-electron chi connectivity index (χ4n) is 1.17. The molecule has 1 aromatic carbocycles. The van der Waals surface area contributed by atoms with Crippen LogP contribution in [0, 0.1) is 5.82 Å². The molecule has 0 saturated heterocycles. The Morgan fingerprint density at radius 3 is 2.38 bits per heavy atom. The lowest BCUT2D eigenvalue weighted by Crippen LogP contribution is -1.94. The molecule has 0 unspecified atom stereocenters. The van der Waals surface area contributed by atoms with E-state index in [1.54, 1.807) is 0 Å². The van der Waals surface area contributed by atoms with Gasteiger partial charge in [-0.05, 0) is 24.3 Å². The lowest BCUT2D eigenvalue weighted by atomic mass is 10.3. The van der Waals surface area contributed by atoms with Crippen molar-refractivity contribution in [3.8, 4) is 5.69 Å². The molecule has 2 rings (SSSR count). The number of benzene rings is 1. The smallest absolute Gasteiger partial charge is 0.240 e. The van der Waals surface area contributed by atoms with E-state index in [2.05, 4.69) is 5.10 Å². The summed E-state index contributed by atoms with van der Waals surface area (Å²) in [5, 5.41) is 3.81. The minimum Gasteiger partial charge on any atom is -0.240 e. The lowest BCUT2D eigenvalue weighted by molar-refractivity contribution is 0.609. The van der Waals surface area contributed by atoms with Crippen molar-refractivity contribution < 1.29 is 12.8 Å². The first-order valence-corrected chi connectivity index (χ1v) is 6.53. The topological polar surface area (TPSA) is 52.0 Å². The van der Waals surface area contributed by atoms with Gasteiger partial charge in [0.05, 0.1) is 18.1 Å². The number of hydrogen-bond acceptors (Lipinski definition) is 3. The summed E-state index contributed by atoms with van der Waals surface area (Å²) in [6.45, 7) is 0. The largest absolute Gasteiger partial charge is 0.264 e. The first-order chi connectivity index (χ1) is 7.47. The number of hydrogen-bond donors (Lipinski definition) is 0. The molecular weight excluding hydrogens is 255 g/mol. The second kappa shape index (κ2) is 3.88. The second-order valence-corrected chi connectivity index (χ2v) is 5.60. The Balaban J connectivity index is 2.43. The lowest BCUT2D eigenvalue weighted by Gasteiger charge is -1.99. The van der Waals surface area contributed by atoms with Gasteiger partial charge in [-0.3, -0.25) is 0 Å². The maximum Gasteiger partial charge on any atom is 0.264 e. The fraction of sp³-hybridized carbons (Fsp3) is 0. The predicted molar refractivity (Wildman–Crippen MR) is 56.6 cm³/mol. The molecule has 0 bridgehead atoms. The summed E-state index contributed by atoms with van der Waals surface area (Å²) >= 11 is 0. The third-order valence-electron chi connectivity index (χ3n) is 1.93. The molecule has 0 aliphatic heterocycles. The van der Waals surface area contributed by atoms with E-state index in [4.69, 9.17) is 10.7 Å². The van der Waals surface area contributed by atoms with Crippen molar-refractivity contribution in [2.45, 2.75) is 4.90 Å². The molecule has 4 nitrogen and oxygen atoms in total. The molecule has 0 atom stereocenters. The van der Waals surface area contributed by atoms with Crippen LogP contribution in [-0.2, 0) is 9.05 Å². The Labute approximate surface area is 95.7 Å². The molecule has 2 aromatic rings. The van der Waals surface area contributed by atoms with E-state index in [1.165, 1.54) is 35.1 Å². The molecule has 7 heteroatoms. The molecule has 16 heavy (non-hydrogen) atoms. The SMILES string of the molecule is O=S(=O)(Cl)c1cnn(-c2ccc(F)cc2)c1. The van der Waals surface area contributed by atoms with E-state index in [1.807, 2.05) is 0 Å². The maximum atomic E-state index is 12.7. The van der Waals surface area contributed by atoms with Crippen LogP contribution in [0.15, 0.2) is 41.6 Å². The van der Waals surface area contributed by atoms with Crippen LogP contribution >= 0.6 is 10.7 Å². The van der Waals surface area contributed by atoms with E-state index >= 15 is 0 Å². The van der Waals surface area contributed by atoms with Gasteiger partial charge >= 0.3 is 0 Å². The average molecular weight is 261 g/mol. The standard InChI is InChI=1S/C9H6ClFN2O2S/c10-16(14,15)9-5-12-13(6-9)8-3-1-7(11)2-4-8/h1-6H. The summed E-state index contributed by atoms with van der Waals surface area (Å²) in [7, 11) is 1.36. The molecule has 0 fully saturated rings. The van der Waals surface area contributed by atoms with Crippen LogP contribution in [0.4, 0.5) is 4.39 Å². The molecule has 0 amide bonds. The van der Waals surface area contributed by atoms with Crippen molar-refractivity contribution in [1.29, 1.82) is 0 Å². The van der Waals surface area contributed by atoms with Crippen molar-refractivity contribution in [2.24, 2.45) is 0 Å². The van der Waals surface area contributed by atoms with E-state index in [0.29, 0.717) is 5.69 Å². The normalized spacial score (nSPS) is 11.6. The Hall–Kier alpha value is -1.40. The number of rotatable bonds is 2. The van der Waals surface area contributed by atoms with Gasteiger partial charge in [-0.25, -0.2) is 17.5 Å². The summed E-state index contributed by atoms with van der Waals surface area (Å²) in [5.74, 6) is -0.374. The van der Waals surface area contributed by atoms with Crippen molar-refractivity contribution in [2.75, 3.05) is 0 Å². The van der Waals surface area contributed by atoms with E-state index in [0.717, 1.165) is 6.20 Å². The summed E-state index contributed by atoms with van der Waals surface area (Å²) in [5.41, 5.74) is 0.549. The quantitative estimate of drug-likeness (QED) is 0.776. The van der Waals surface area contributed by atoms with Gasteiger partial charge in [0.1, 0.15) is 10.7 Å². The highest BCUT2D eigenvalue weighted by Gasteiger charge is 2.12. The highest BCUT2D eigenvalue weighted by molar-refractivity contribution is 8.13. The van der Waals surface area contributed by atoms with Crippen LogP contribution in [0.1, 0.15) is 0 Å². The molecular formula is C9H6ClFN2O2S. The van der Waals surface area contributed by atoms with Gasteiger partial charge in [-0.15, -0.1) is 0 Å². The minimum absolute atomic E-state index is 0.0986. The summed E-state index contributed by atoms with van der Waals surface area (Å²) in [4.78, 5) is -0.0986. The van der Waals surface area contributed by atoms with Gasteiger partial charge in [-0.2, -0.15) is 5.10 Å². The molecule has 0 aliphatic rings. The van der Waals surface area contributed by atoms with Gasteiger partial charge in [0.15, 0.2) is 0 Å². The molecule has 0 spiro atoms. The molecule has 0 radical (unpaired) electrons. The van der Waals surface area contributed by atoms with Crippen LogP contribution in [0.3, 0.4) is 0 Å². The van der Waals surface area contributed by atoms with Gasteiger partial charge < -0.3 is 0 Å². The van der Waals surface area contributed by atoms with Crippen molar-refractivity contribution in [3.63, 3.8) is 0 Å². The molecule has 0 aliphatic carbocycles. The first kappa shape index (κ1) is 11.1. The summed E-state index contributed by atoms with van der Waals surface area (Å²) in [6, 6.07) is 5.47.